The van der Waals surface area contributed by atoms with E-state index in [1.54, 1.807) is 17.6 Å². The van der Waals surface area contributed by atoms with Crippen molar-refractivity contribution >= 4 is 26.8 Å². The van der Waals surface area contributed by atoms with E-state index < -0.39 is 22.0 Å². The lowest BCUT2D eigenvalue weighted by Crippen LogP contribution is -2.52. The molecule has 2 N–H and O–H groups in total. The largest absolute Gasteiger partial charge is 0.489 e. The first-order valence-electron chi connectivity index (χ1n) is 11.2. The van der Waals surface area contributed by atoms with Gasteiger partial charge in [-0.2, -0.15) is 4.31 Å². The Morgan fingerprint density at radius 2 is 1.83 bits per heavy atom. The van der Waals surface area contributed by atoms with Crippen LogP contribution >= 0.6 is 0 Å². The van der Waals surface area contributed by atoms with Gasteiger partial charge in [0, 0.05) is 35.5 Å². The van der Waals surface area contributed by atoms with Crippen LogP contribution in [0, 0.1) is 6.92 Å². The number of aromatic nitrogens is 3. The summed E-state index contributed by atoms with van der Waals surface area (Å²) in [6.45, 7) is 2.07. The Kier molecular flexibility index (Phi) is 6.35. The summed E-state index contributed by atoms with van der Waals surface area (Å²) in [6, 6.07) is 14.6. The molecule has 11 heteroatoms. The number of carbonyl (C=O) groups excluding carboxylic acids is 1. The molecule has 0 saturated heterocycles. The van der Waals surface area contributed by atoms with Crippen LogP contribution in [0.1, 0.15) is 22.6 Å². The number of hydrogen-bond acceptors (Lipinski definition) is 8. The van der Waals surface area contributed by atoms with Crippen molar-refractivity contribution < 1.29 is 23.2 Å². The van der Waals surface area contributed by atoms with E-state index in [9.17, 15) is 18.4 Å². The quantitative estimate of drug-likeness (QED) is 0.302. The zero-order valence-corrected chi connectivity index (χ0v) is 20.1. The van der Waals surface area contributed by atoms with Crippen LogP contribution in [0.3, 0.4) is 0 Å². The molecule has 184 valence electrons. The summed E-state index contributed by atoms with van der Waals surface area (Å²) >= 11 is 0. The molecule has 36 heavy (non-hydrogen) atoms. The highest BCUT2D eigenvalue weighted by molar-refractivity contribution is 7.89. The molecule has 1 aliphatic heterocycles. The number of benzene rings is 2. The zero-order chi connectivity index (χ0) is 25.3. The van der Waals surface area contributed by atoms with Crippen LogP contribution in [-0.4, -0.2) is 44.8 Å². The zero-order valence-electron chi connectivity index (χ0n) is 19.3. The Balaban J connectivity index is 1.38. The van der Waals surface area contributed by atoms with Crippen molar-refractivity contribution in [3.05, 3.63) is 89.6 Å². The highest BCUT2D eigenvalue weighted by Gasteiger charge is 2.40. The third-order valence-electron chi connectivity index (χ3n) is 6.07. The van der Waals surface area contributed by atoms with Crippen LogP contribution in [0.4, 0.5) is 0 Å². The van der Waals surface area contributed by atoms with Gasteiger partial charge >= 0.3 is 0 Å². The Morgan fingerprint density at radius 1 is 1.11 bits per heavy atom. The van der Waals surface area contributed by atoms with Crippen LogP contribution in [-0.2, 0) is 34.4 Å². The van der Waals surface area contributed by atoms with Gasteiger partial charge in [0.05, 0.1) is 28.3 Å². The van der Waals surface area contributed by atoms with Gasteiger partial charge in [-0.25, -0.2) is 13.9 Å². The second-order valence-electron chi connectivity index (χ2n) is 8.40. The summed E-state index contributed by atoms with van der Waals surface area (Å²) in [5.74, 6) is -0.346. The summed E-state index contributed by atoms with van der Waals surface area (Å²) in [6.07, 6.45) is 2.94. The standard InChI is InChI=1S/C25H23N5O5S/c1-16-12-17(20-4-2-3-5-21(20)28-16)15-35-18-6-8-19(9-7-18)36(33,34)30-14-23-22(26-10-11-27-23)13-24(30)25(31)29-32/h2-12,24,32H,13-15H2,1H3,(H,29,31). The molecule has 0 bridgehead atoms. The number of hydroxylamine groups is 1. The molecule has 4 aromatic rings. The molecule has 0 saturated carbocycles. The topological polar surface area (TPSA) is 135 Å². The fourth-order valence-corrected chi connectivity index (χ4v) is 5.86. The van der Waals surface area contributed by atoms with E-state index in [1.165, 1.54) is 24.5 Å². The Bertz CT molecular complexity index is 1540. The first kappa shape index (κ1) is 23.8. The lowest BCUT2D eigenvalue weighted by atomic mass is 10.0. The number of hydrogen-bond donors (Lipinski definition) is 2. The van der Waals surface area contributed by atoms with Crippen LogP contribution < -0.4 is 10.2 Å². The summed E-state index contributed by atoms with van der Waals surface area (Å²) in [5, 5.41) is 10.2. The number of carbonyl (C=O) groups is 1. The molecule has 0 spiro atoms. The number of nitrogens with one attached hydrogen (secondary N) is 1. The van der Waals surface area contributed by atoms with Crippen molar-refractivity contribution in [3.63, 3.8) is 0 Å². The summed E-state index contributed by atoms with van der Waals surface area (Å²) < 4.78 is 33.9. The van der Waals surface area contributed by atoms with Crippen LogP contribution in [0.5, 0.6) is 5.75 Å². The molecule has 2 aromatic carbocycles. The number of nitrogens with zero attached hydrogens (tertiary/aromatic N) is 4. The highest BCUT2D eigenvalue weighted by Crippen LogP contribution is 2.29. The van der Waals surface area contributed by atoms with Gasteiger partial charge in [0.25, 0.3) is 5.91 Å². The molecular weight excluding hydrogens is 482 g/mol. The van der Waals surface area contributed by atoms with Gasteiger partial charge in [-0.1, -0.05) is 18.2 Å². The minimum Gasteiger partial charge on any atom is -0.489 e. The Morgan fingerprint density at radius 3 is 2.58 bits per heavy atom. The number of pyridine rings is 1. The molecule has 10 nitrogen and oxygen atoms in total. The maximum Gasteiger partial charge on any atom is 0.262 e. The van der Waals surface area contributed by atoms with Gasteiger partial charge in [0.15, 0.2) is 0 Å². The average molecular weight is 506 g/mol. The number of sulfonamides is 1. The first-order chi connectivity index (χ1) is 17.4. The molecule has 0 fully saturated rings. The van der Waals surface area contributed by atoms with E-state index in [0.717, 1.165) is 26.5 Å². The SMILES string of the molecule is Cc1cc(COc2ccc(S(=O)(=O)N3Cc4nccnc4CC3C(=O)NO)cc2)c2ccccc2n1. The number of aryl methyl sites for hydroxylation is 1. The third kappa shape index (κ3) is 4.51. The van der Waals surface area contributed by atoms with Crippen molar-refractivity contribution in [3.8, 4) is 5.75 Å². The van der Waals surface area contributed by atoms with E-state index in [4.69, 9.17) is 4.74 Å². The molecule has 0 aliphatic carbocycles. The van der Waals surface area contributed by atoms with Crippen molar-refractivity contribution in [2.45, 2.75) is 37.4 Å². The normalized spacial score (nSPS) is 15.9. The predicted molar refractivity (Wildman–Crippen MR) is 129 cm³/mol. The summed E-state index contributed by atoms with van der Waals surface area (Å²) in [7, 11) is -4.10. The van der Waals surface area contributed by atoms with E-state index in [1.807, 2.05) is 37.3 Å². The minimum absolute atomic E-state index is 0.00467. The highest BCUT2D eigenvalue weighted by atomic mass is 32.2. The number of para-hydroxylation sites is 1. The van der Waals surface area contributed by atoms with Crippen molar-refractivity contribution in [1.29, 1.82) is 0 Å². The van der Waals surface area contributed by atoms with Gasteiger partial charge in [-0.3, -0.25) is 25.0 Å². The number of amides is 1. The summed E-state index contributed by atoms with van der Waals surface area (Å²) in [4.78, 5) is 25.2. The molecule has 1 atom stereocenters. The van der Waals surface area contributed by atoms with Gasteiger partial charge in [-0.15, -0.1) is 0 Å². The van der Waals surface area contributed by atoms with Crippen molar-refractivity contribution in [1.82, 2.24) is 24.7 Å². The lowest BCUT2D eigenvalue weighted by Gasteiger charge is -2.33. The maximum absolute atomic E-state index is 13.5. The second kappa shape index (κ2) is 9.61. The fourth-order valence-electron chi connectivity index (χ4n) is 4.31. The number of fused-ring (bicyclic) bond motifs is 2. The molecule has 1 amide bonds. The van der Waals surface area contributed by atoms with Crippen LogP contribution in [0.2, 0.25) is 0 Å². The summed E-state index contributed by atoms with van der Waals surface area (Å²) in [5.41, 5.74) is 5.27. The van der Waals surface area contributed by atoms with Gasteiger partial charge in [-0.05, 0) is 43.3 Å². The van der Waals surface area contributed by atoms with E-state index in [-0.39, 0.29) is 24.5 Å². The predicted octanol–water partition coefficient (Wildman–Crippen LogP) is 2.53. The monoisotopic (exact) mass is 505 g/mol. The van der Waals surface area contributed by atoms with Gasteiger partial charge < -0.3 is 4.74 Å². The molecule has 1 unspecified atom stereocenters. The van der Waals surface area contributed by atoms with E-state index in [2.05, 4.69) is 15.0 Å². The fraction of sp³-hybridized carbons (Fsp3) is 0.200. The van der Waals surface area contributed by atoms with Crippen molar-refractivity contribution in [2.24, 2.45) is 0 Å². The second-order valence-corrected chi connectivity index (χ2v) is 10.3. The molecule has 5 rings (SSSR count). The van der Waals surface area contributed by atoms with E-state index >= 15 is 0 Å². The average Bonchev–Trinajstić information content (AvgIpc) is 2.90. The van der Waals surface area contributed by atoms with E-state index in [0.29, 0.717) is 17.1 Å². The number of ether oxygens (including phenoxy) is 1. The first-order valence-corrected chi connectivity index (χ1v) is 12.6. The molecule has 0 radical (unpaired) electrons. The van der Waals surface area contributed by atoms with Gasteiger partial charge in [0.2, 0.25) is 10.0 Å². The molecule has 3 heterocycles. The van der Waals surface area contributed by atoms with Crippen LogP contribution in [0.15, 0.2) is 71.9 Å². The Labute approximate surface area is 207 Å². The van der Waals surface area contributed by atoms with Gasteiger partial charge in [0.1, 0.15) is 18.4 Å². The van der Waals surface area contributed by atoms with Crippen molar-refractivity contribution in [2.75, 3.05) is 0 Å². The maximum atomic E-state index is 13.5. The minimum atomic E-state index is -4.10. The molecule has 1 aliphatic rings. The van der Waals surface area contributed by atoms with Crippen LogP contribution in [0.25, 0.3) is 10.9 Å². The Hall–Kier alpha value is -3.93. The molecular formula is C25H23N5O5S. The number of rotatable bonds is 6. The lowest BCUT2D eigenvalue weighted by molar-refractivity contribution is -0.133. The molecule has 2 aromatic heterocycles. The smallest absolute Gasteiger partial charge is 0.262 e. The third-order valence-corrected chi connectivity index (χ3v) is 7.94.